The first-order valence-corrected chi connectivity index (χ1v) is 11.7. The summed E-state index contributed by atoms with van der Waals surface area (Å²) in [5, 5.41) is 5.36. The quantitative estimate of drug-likeness (QED) is 0.373. The minimum atomic E-state index is -0.0363. The second-order valence-corrected chi connectivity index (χ2v) is 9.07. The molecule has 164 valence electrons. The second kappa shape index (κ2) is 9.36. The molecule has 0 bridgehead atoms. The van der Waals surface area contributed by atoms with E-state index in [4.69, 9.17) is 20.9 Å². The number of hydrogen-bond donors (Lipinski definition) is 0. The first kappa shape index (κ1) is 21.1. The smallest absolute Gasteiger partial charge is 0.229 e. The molecule has 32 heavy (non-hydrogen) atoms. The highest BCUT2D eigenvalue weighted by Crippen LogP contribution is 2.30. The van der Waals surface area contributed by atoms with Crippen LogP contribution in [0.2, 0.25) is 5.02 Å². The molecule has 1 unspecified atom stereocenters. The molecule has 0 saturated carbocycles. The third-order valence-electron chi connectivity index (χ3n) is 5.35. The van der Waals surface area contributed by atoms with Crippen LogP contribution in [-0.2, 0) is 16.0 Å². The molecule has 2 aromatic heterocycles. The molecule has 1 atom stereocenters. The number of ether oxygens (including phenoxy) is 1. The first-order chi connectivity index (χ1) is 15.7. The Bertz CT molecular complexity index is 1180. The van der Waals surface area contributed by atoms with Gasteiger partial charge in [0.15, 0.2) is 5.13 Å². The van der Waals surface area contributed by atoms with Gasteiger partial charge >= 0.3 is 0 Å². The van der Waals surface area contributed by atoms with Crippen LogP contribution in [0.4, 0.5) is 5.13 Å². The van der Waals surface area contributed by atoms with Crippen molar-refractivity contribution in [3.63, 3.8) is 0 Å². The fraction of sp³-hybridized carbons (Fsp3) is 0.304. The predicted octanol–water partition coefficient (Wildman–Crippen LogP) is 5.14. The third-order valence-corrected chi connectivity index (χ3v) is 6.66. The number of hydrogen-bond acceptors (Lipinski definition) is 7. The highest BCUT2D eigenvalue weighted by atomic mass is 35.5. The van der Waals surface area contributed by atoms with Crippen molar-refractivity contribution < 1.29 is 14.1 Å². The lowest BCUT2D eigenvalue weighted by molar-refractivity contribution is -0.119. The summed E-state index contributed by atoms with van der Waals surface area (Å²) in [6.07, 6.45) is 2.59. The SMILES string of the molecule is O=C(CCc1nc(-c2ccc(Cl)cc2)no1)N(CC1CCCO1)c1nc2ccccc2s1. The van der Waals surface area contributed by atoms with E-state index in [9.17, 15) is 4.79 Å². The minimum Gasteiger partial charge on any atom is -0.376 e. The zero-order valence-electron chi connectivity index (χ0n) is 17.2. The van der Waals surface area contributed by atoms with Crippen molar-refractivity contribution in [2.75, 3.05) is 18.1 Å². The molecule has 3 heterocycles. The Balaban J connectivity index is 1.30. The lowest BCUT2D eigenvalue weighted by Crippen LogP contribution is -2.37. The van der Waals surface area contributed by atoms with Crippen LogP contribution in [0.3, 0.4) is 0 Å². The van der Waals surface area contributed by atoms with Crippen molar-refractivity contribution in [1.29, 1.82) is 0 Å². The summed E-state index contributed by atoms with van der Waals surface area (Å²) in [4.78, 5) is 24.1. The van der Waals surface area contributed by atoms with Gasteiger partial charge in [0.05, 0.1) is 22.9 Å². The molecule has 1 aliphatic rings. The molecular weight excluding hydrogens is 448 g/mol. The van der Waals surface area contributed by atoms with Crippen LogP contribution in [0.5, 0.6) is 0 Å². The second-order valence-electron chi connectivity index (χ2n) is 7.62. The Labute approximate surface area is 194 Å². The summed E-state index contributed by atoms with van der Waals surface area (Å²) in [6.45, 7) is 1.24. The van der Waals surface area contributed by atoms with Crippen molar-refractivity contribution in [2.24, 2.45) is 0 Å². The van der Waals surface area contributed by atoms with E-state index in [0.29, 0.717) is 34.8 Å². The maximum atomic E-state index is 13.2. The van der Waals surface area contributed by atoms with E-state index in [-0.39, 0.29) is 18.4 Å². The summed E-state index contributed by atoms with van der Waals surface area (Å²) < 4.78 is 12.2. The molecule has 4 aromatic rings. The predicted molar refractivity (Wildman–Crippen MR) is 124 cm³/mol. The maximum absolute atomic E-state index is 13.2. The lowest BCUT2D eigenvalue weighted by atomic mass is 10.2. The lowest BCUT2D eigenvalue weighted by Gasteiger charge is -2.22. The molecule has 0 spiro atoms. The van der Waals surface area contributed by atoms with Gasteiger partial charge in [-0.2, -0.15) is 4.98 Å². The van der Waals surface area contributed by atoms with Gasteiger partial charge in [-0.25, -0.2) is 4.98 Å². The molecule has 7 nitrogen and oxygen atoms in total. The number of thiazole rings is 1. The van der Waals surface area contributed by atoms with Crippen molar-refractivity contribution in [3.8, 4) is 11.4 Å². The van der Waals surface area contributed by atoms with Crippen LogP contribution in [0, 0.1) is 0 Å². The van der Waals surface area contributed by atoms with Crippen molar-refractivity contribution in [1.82, 2.24) is 15.1 Å². The van der Waals surface area contributed by atoms with Crippen molar-refractivity contribution in [3.05, 3.63) is 59.4 Å². The Morgan fingerprint density at radius 3 is 2.78 bits per heavy atom. The number of carbonyl (C=O) groups is 1. The van der Waals surface area contributed by atoms with Crippen LogP contribution in [0.1, 0.15) is 25.2 Å². The van der Waals surface area contributed by atoms with Gasteiger partial charge in [0.1, 0.15) is 0 Å². The van der Waals surface area contributed by atoms with Gasteiger partial charge in [-0.3, -0.25) is 9.69 Å². The topological polar surface area (TPSA) is 81.4 Å². The van der Waals surface area contributed by atoms with E-state index in [1.54, 1.807) is 17.0 Å². The van der Waals surface area contributed by atoms with E-state index in [0.717, 1.165) is 35.2 Å². The molecule has 0 radical (unpaired) electrons. The molecule has 1 aliphatic heterocycles. The number of carbonyl (C=O) groups excluding carboxylic acids is 1. The number of halogens is 1. The molecule has 2 aromatic carbocycles. The summed E-state index contributed by atoms with van der Waals surface area (Å²) >= 11 is 7.45. The Kier molecular flexibility index (Phi) is 6.16. The Morgan fingerprint density at radius 1 is 1.16 bits per heavy atom. The van der Waals surface area contributed by atoms with Gasteiger partial charge in [0, 0.05) is 30.0 Å². The number of nitrogens with zero attached hydrogens (tertiary/aromatic N) is 4. The van der Waals surface area contributed by atoms with Gasteiger partial charge in [0.2, 0.25) is 17.6 Å². The van der Waals surface area contributed by atoms with Crippen LogP contribution < -0.4 is 4.90 Å². The number of anilines is 1. The van der Waals surface area contributed by atoms with E-state index < -0.39 is 0 Å². The van der Waals surface area contributed by atoms with Crippen LogP contribution in [0.15, 0.2) is 53.1 Å². The Morgan fingerprint density at radius 2 is 2.00 bits per heavy atom. The monoisotopic (exact) mass is 468 g/mol. The van der Waals surface area contributed by atoms with E-state index in [1.165, 1.54) is 11.3 Å². The molecule has 1 fully saturated rings. The fourth-order valence-electron chi connectivity index (χ4n) is 3.68. The van der Waals surface area contributed by atoms with Crippen LogP contribution >= 0.6 is 22.9 Å². The van der Waals surface area contributed by atoms with E-state index in [1.807, 2.05) is 36.4 Å². The normalized spacial score (nSPS) is 16.0. The number of aryl methyl sites for hydroxylation is 1. The average Bonchev–Trinajstić information content (AvgIpc) is 3.57. The number of rotatable bonds is 7. The summed E-state index contributed by atoms with van der Waals surface area (Å²) in [5.41, 5.74) is 1.70. The molecule has 5 rings (SSSR count). The zero-order chi connectivity index (χ0) is 21.9. The van der Waals surface area contributed by atoms with Gasteiger partial charge in [-0.05, 0) is 49.2 Å². The minimum absolute atomic E-state index is 0.0332. The van der Waals surface area contributed by atoms with Crippen molar-refractivity contribution >= 4 is 44.2 Å². The number of aromatic nitrogens is 3. The van der Waals surface area contributed by atoms with Gasteiger partial charge in [0.25, 0.3) is 0 Å². The number of para-hydroxylation sites is 1. The summed E-state index contributed by atoms with van der Waals surface area (Å²) in [6, 6.07) is 15.1. The van der Waals surface area contributed by atoms with Gasteiger partial charge < -0.3 is 9.26 Å². The molecule has 0 N–H and O–H groups in total. The van der Waals surface area contributed by atoms with Gasteiger partial charge in [-0.1, -0.05) is 40.2 Å². The van der Waals surface area contributed by atoms with Crippen molar-refractivity contribution in [2.45, 2.75) is 31.8 Å². The van der Waals surface area contributed by atoms with E-state index in [2.05, 4.69) is 15.1 Å². The van der Waals surface area contributed by atoms with Crippen LogP contribution in [0.25, 0.3) is 21.6 Å². The maximum Gasteiger partial charge on any atom is 0.229 e. The van der Waals surface area contributed by atoms with Crippen LogP contribution in [-0.4, -0.2) is 40.3 Å². The number of fused-ring (bicyclic) bond motifs is 1. The largest absolute Gasteiger partial charge is 0.376 e. The highest BCUT2D eigenvalue weighted by Gasteiger charge is 2.26. The first-order valence-electron chi connectivity index (χ1n) is 10.5. The summed E-state index contributed by atoms with van der Waals surface area (Å²) in [7, 11) is 0. The average molecular weight is 469 g/mol. The zero-order valence-corrected chi connectivity index (χ0v) is 18.8. The van der Waals surface area contributed by atoms with E-state index >= 15 is 0 Å². The number of benzene rings is 2. The molecule has 1 saturated heterocycles. The Hall–Kier alpha value is -2.81. The molecule has 0 aliphatic carbocycles. The number of amides is 1. The summed E-state index contributed by atoms with van der Waals surface area (Å²) in [5.74, 6) is 0.863. The highest BCUT2D eigenvalue weighted by molar-refractivity contribution is 7.22. The fourth-order valence-corrected chi connectivity index (χ4v) is 4.79. The molecule has 9 heteroatoms. The van der Waals surface area contributed by atoms with Gasteiger partial charge in [-0.15, -0.1) is 0 Å². The third kappa shape index (κ3) is 4.67. The molecule has 1 amide bonds. The standard InChI is InChI=1S/C23H21ClN4O3S/c24-16-9-7-15(8-10-16)22-26-20(31-27-22)11-12-21(29)28(14-17-4-3-13-30-17)23-25-18-5-1-2-6-19(18)32-23/h1-2,5-10,17H,3-4,11-14H2. The molecular formula is C23H21ClN4O3S.